The molecule has 1 unspecified atom stereocenters. The number of hydrogen-bond acceptors (Lipinski definition) is 4. The summed E-state index contributed by atoms with van der Waals surface area (Å²) in [7, 11) is 1.88. The first-order valence-electron chi connectivity index (χ1n) is 6.87. The first kappa shape index (κ1) is 14.2. The van der Waals surface area contributed by atoms with E-state index in [1.165, 1.54) is 0 Å². The quantitative estimate of drug-likeness (QED) is 0.943. The fourth-order valence-electron chi connectivity index (χ4n) is 2.43. The summed E-state index contributed by atoms with van der Waals surface area (Å²) in [5.74, 6) is 1.12. The van der Waals surface area contributed by atoms with Crippen LogP contribution in [0.1, 0.15) is 30.0 Å². The van der Waals surface area contributed by atoms with Crippen LogP contribution in [0.25, 0.3) is 0 Å². The molecule has 0 fully saturated rings. The number of benzene rings is 1. The van der Waals surface area contributed by atoms with Crippen molar-refractivity contribution in [3.63, 3.8) is 0 Å². The van der Waals surface area contributed by atoms with E-state index in [4.69, 9.17) is 21.1 Å². The fraction of sp³-hybridized carbons (Fsp3) is 0.400. The molecule has 1 atom stereocenters. The summed E-state index contributed by atoms with van der Waals surface area (Å²) in [5.41, 5.74) is 2.71. The zero-order chi connectivity index (χ0) is 15.0. The lowest BCUT2D eigenvalue weighted by molar-refractivity contribution is 0.170. The van der Waals surface area contributed by atoms with Crippen molar-refractivity contribution < 1.29 is 14.6 Å². The molecule has 6 heteroatoms. The van der Waals surface area contributed by atoms with Crippen LogP contribution in [0.15, 0.2) is 18.2 Å². The van der Waals surface area contributed by atoms with E-state index in [1.54, 1.807) is 16.8 Å². The summed E-state index contributed by atoms with van der Waals surface area (Å²) in [6.45, 7) is 2.22. The van der Waals surface area contributed by atoms with Crippen LogP contribution in [-0.2, 0) is 19.9 Å². The summed E-state index contributed by atoms with van der Waals surface area (Å²) in [5, 5.41) is 15.3. The van der Waals surface area contributed by atoms with Gasteiger partial charge in [0.1, 0.15) is 0 Å². The molecule has 21 heavy (non-hydrogen) atoms. The topological polar surface area (TPSA) is 56.5 Å². The Morgan fingerprint density at radius 3 is 2.90 bits per heavy atom. The number of aryl methyl sites for hydroxylation is 2. The lowest BCUT2D eigenvalue weighted by Crippen LogP contribution is -2.06. The second-order valence-corrected chi connectivity index (χ2v) is 5.47. The van der Waals surface area contributed by atoms with Crippen LogP contribution >= 0.6 is 11.6 Å². The zero-order valence-electron chi connectivity index (χ0n) is 12.0. The normalized spacial score (nSPS) is 14.5. The molecular weight excluding hydrogens is 292 g/mol. The van der Waals surface area contributed by atoms with Crippen molar-refractivity contribution in [1.82, 2.24) is 9.78 Å². The molecule has 2 heterocycles. The van der Waals surface area contributed by atoms with Crippen LogP contribution in [0, 0.1) is 0 Å². The Bertz CT molecular complexity index is 669. The highest BCUT2D eigenvalue weighted by Crippen LogP contribution is 2.41. The zero-order valence-corrected chi connectivity index (χ0v) is 12.7. The third kappa shape index (κ3) is 2.71. The maximum atomic E-state index is 10.4. The van der Waals surface area contributed by atoms with Crippen LogP contribution in [0.3, 0.4) is 0 Å². The van der Waals surface area contributed by atoms with Crippen molar-refractivity contribution in [2.24, 2.45) is 7.05 Å². The summed E-state index contributed by atoms with van der Waals surface area (Å²) in [4.78, 5) is 0. The second-order valence-electron chi connectivity index (χ2n) is 5.06. The van der Waals surface area contributed by atoms with E-state index in [2.05, 4.69) is 12.0 Å². The van der Waals surface area contributed by atoms with Gasteiger partial charge in [-0.1, -0.05) is 18.5 Å². The second kappa shape index (κ2) is 5.58. The SMILES string of the molecule is CCc1cc(CC(O)c2cc(Cl)c3c(c2)OCO3)n(C)n1. The van der Waals surface area contributed by atoms with Crippen molar-refractivity contribution in [2.45, 2.75) is 25.9 Å². The Morgan fingerprint density at radius 1 is 1.38 bits per heavy atom. The van der Waals surface area contributed by atoms with E-state index >= 15 is 0 Å². The molecule has 0 saturated carbocycles. The molecule has 112 valence electrons. The van der Waals surface area contributed by atoms with E-state index < -0.39 is 6.10 Å². The lowest BCUT2D eigenvalue weighted by atomic mass is 10.0. The average molecular weight is 309 g/mol. The molecular formula is C15H17ClN2O3. The van der Waals surface area contributed by atoms with Crippen LogP contribution in [0.2, 0.25) is 5.02 Å². The van der Waals surface area contributed by atoms with Crippen molar-refractivity contribution >= 4 is 11.6 Å². The lowest BCUT2D eigenvalue weighted by Gasteiger charge is -2.12. The van der Waals surface area contributed by atoms with Crippen molar-refractivity contribution in [1.29, 1.82) is 0 Å². The van der Waals surface area contributed by atoms with Gasteiger partial charge in [0, 0.05) is 19.2 Å². The van der Waals surface area contributed by atoms with Gasteiger partial charge in [0.05, 0.1) is 16.8 Å². The van der Waals surface area contributed by atoms with Crippen LogP contribution in [0.5, 0.6) is 11.5 Å². The molecule has 1 aliphatic rings. The maximum absolute atomic E-state index is 10.4. The van der Waals surface area contributed by atoms with Gasteiger partial charge in [-0.3, -0.25) is 4.68 Å². The number of ether oxygens (including phenoxy) is 2. The minimum Gasteiger partial charge on any atom is -0.454 e. The molecule has 1 aromatic carbocycles. The summed E-state index contributed by atoms with van der Waals surface area (Å²) in [6.07, 6.45) is 0.677. The van der Waals surface area contributed by atoms with Crippen molar-refractivity contribution in [3.8, 4) is 11.5 Å². The van der Waals surface area contributed by atoms with Gasteiger partial charge in [-0.2, -0.15) is 5.10 Å². The van der Waals surface area contributed by atoms with Crippen LogP contribution in [-0.4, -0.2) is 21.7 Å². The highest BCUT2D eigenvalue weighted by Gasteiger charge is 2.21. The number of aliphatic hydroxyl groups is 1. The van der Waals surface area contributed by atoms with E-state index in [9.17, 15) is 5.11 Å². The fourth-order valence-corrected chi connectivity index (χ4v) is 2.70. The van der Waals surface area contributed by atoms with Gasteiger partial charge in [-0.15, -0.1) is 0 Å². The Labute approximate surface area is 128 Å². The van der Waals surface area contributed by atoms with Crippen LogP contribution < -0.4 is 9.47 Å². The van der Waals surface area contributed by atoms with Gasteiger partial charge >= 0.3 is 0 Å². The average Bonchev–Trinajstić information content (AvgIpc) is 3.06. The summed E-state index contributed by atoms with van der Waals surface area (Å²) < 4.78 is 12.4. The predicted molar refractivity (Wildman–Crippen MR) is 78.8 cm³/mol. The van der Waals surface area contributed by atoms with Crippen molar-refractivity contribution in [2.75, 3.05) is 6.79 Å². The molecule has 1 N–H and O–H groups in total. The Balaban J connectivity index is 1.83. The maximum Gasteiger partial charge on any atom is 0.231 e. The molecule has 1 aliphatic heterocycles. The molecule has 0 amide bonds. The first-order valence-corrected chi connectivity index (χ1v) is 7.25. The first-order chi connectivity index (χ1) is 10.1. The van der Waals surface area contributed by atoms with E-state index in [1.807, 2.05) is 13.1 Å². The van der Waals surface area contributed by atoms with Gasteiger partial charge in [0.2, 0.25) is 6.79 Å². The molecule has 0 radical (unpaired) electrons. The Hall–Kier alpha value is -1.72. The number of aliphatic hydroxyl groups excluding tert-OH is 1. The molecule has 0 spiro atoms. The van der Waals surface area contributed by atoms with Gasteiger partial charge in [0.25, 0.3) is 0 Å². The van der Waals surface area contributed by atoms with Gasteiger partial charge in [-0.05, 0) is 30.2 Å². The highest BCUT2D eigenvalue weighted by atomic mass is 35.5. The number of fused-ring (bicyclic) bond motifs is 1. The molecule has 0 aliphatic carbocycles. The van der Waals surface area contributed by atoms with E-state index in [-0.39, 0.29) is 6.79 Å². The molecule has 2 aromatic rings. The minimum absolute atomic E-state index is 0.163. The van der Waals surface area contributed by atoms with Gasteiger partial charge < -0.3 is 14.6 Å². The molecule has 3 rings (SSSR count). The standard InChI is InChI=1S/C15H17ClN2O3/c1-3-10-6-11(18(2)17-10)7-13(19)9-4-12(16)15-14(5-9)20-8-21-15/h4-6,13,19H,3,7-8H2,1-2H3. The molecule has 0 bridgehead atoms. The van der Waals surface area contributed by atoms with E-state index in [0.717, 1.165) is 17.8 Å². The highest BCUT2D eigenvalue weighted by molar-refractivity contribution is 6.32. The minimum atomic E-state index is -0.669. The number of nitrogens with zero attached hydrogens (tertiary/aromatic N) is 2. The predicted octanol–water partition coefficient (Wildman–Crippen LogP) is 2.64. The molecule has 0 saturated heterocycles. The Morgan fingerprint density at radius 2 is 2.19 bits per heavy atom. The summed E-state index contributed by atoms with van der Waals surface area (Å²) in [6, 6.07) is 5.50. The number of rotatable bonds is 4. The third-order valence-electron chi connectivity index (χ3n) is 3.63. The molecule has 5 nitrogen and oxygen atoms in total. The smallest absolute Gasteiger partial charge is 0.231 e. The molecule has 1 aromatic heterocycles. The Kier molecular flexibility index (Phi) is 3.78. The number of halogens is 1. The van der Waals surface area contributed by atoms with Gasteiger partial charge in [0.15, 0.2) is 11.5 Å². The van der Waals surface area contributed by atoms with Crippen LogP contribution in [0.4, 0.5) is 0 Å². The van der Waals surface area contributed by atoms with E-state index in [0.29, 0.717) is 28.5 Å². The third-order valence-corrected chi connectivity index (χ3v) is 3.91. The summed E-state index contributed by atoms with van der Waals surface area (Å²) >= 11 is 6.15. The van der Waals surface area contributed by atoms with Crippen molar-refractivity contribution in [3.05, 3.63) is 40.2 Å². The van der Waals surface area contributed by atoms with Gasteiger partial charge in [-0.25, -0.2) is 0 Å². The largest absolute Gasteiger partial charge is 0.454 e. The number of hydrogen-bond donors (Lipinski definition) is 1. The number of aromatic nitrogens is 2. The monoisotopic (exact) mass is 308 g/mol.